The molecule has 4 aliphatic rings. The number of rotatable bonds is 5. The lowest BCUT2D eigenvalue weighted by molar-refractivity contribution is 0.0641. The Morgan fingerprint density at radius 1 is 0.685 bits per heavy atom. The fourth-order valence-electron chi connectivity index (χ4n) is 11.3. The number of hydrogen-bond donors (Lipinski definition) is 0. The molecule has 0 radical (unpaired) electrons. The number of morpholine rings is 1. The minimum Gasteiger partial charge on any atom is -0.497 e. The van der Waals surface area contributed by atoms with Gasteiger partial charge in [0.1, 0.15) is 17.2 Å². The van der Waals surface area contributed by atoms with Gasteiger partial charge in [-0.05, 0) is 120 Å². The van der Waals surface area contributed by atoms with Gasteiger partial charge in [-0.3, -0.25) is 0 Å². The monoisotopic (exact) mass is 719 g/mol. The first-order valence-corrected chi connectivity index (χ1v) is 19.6. The van der Waals surface area contributed by atoms with E-state index < -0.39 is 5.60 Å². The van der Waals surface area contributed by atoms with E-state index in [1.807, 2.05) is 24.3 Å². The number of methoxy groups -OCH3 is 2. The van der Waals surface area contributed by atoms with Crippen molar-refractivity contribution in [2.45, 2.75) is 71.8 Å². The summed E-state index contributed by atoms with van der Waals surface area (Å²) in [5.41, 5.74) is 12.1. The van der Waals surface area contributed by atoms with E-state index in [1.165, 1.54) is 56.4 Å². The molecule has 278 valence electrons. The first-order chi connectivity index (χ1) is 25.9. The van der Waals surface area contributed by atoms with Gasteiger partial charge in [0, 0.05) is 46.3 Å². The van der Waals surface area contributed by atoms with Gasteiger partial charge in [0.2, 0.25) is 0 Å². The molecule has 1 spiro atoms. The van der Waals surface area contributed by atoms with Crippen LogP contribution in [0.2, 0.25) is 0 Å². The zero-order chi connectivity index (χ0) is 37.6. The summed E-state index contributed by atoms with van der Waals surface area (Å²) in [7, 11) is 3.43. The summed E-state index contributed by atoms with van der Waals surface area (Å²) in [6.45, 7) is 17.7. The number of fused-ring (bicyclic) bond motifs is 10. The molecule has 5 aromatic rings. The third kappa shape index (κ3) is 5.37. The minimum atomic E-state index is -0.892. The molecule has 0 unspecified atom stereocenters. The number of aryl methyl sites for hydroxylation is 2. The van der Waals surface area contributed by atoms with Gasteiger partial charge in [0.05, 0.1) is 27.4 Å². The molecule has 2 aliphatic heterocycles. The lowest BCUT2D eigenvalue weighted by Gasteiger charge is -2.52. The van der Waals surface area contributed by atoms with Gasteiger partial charge >= 0.3 is 0 Å². The average molecular weight is 720 g/mol. The smallest absolute Gasteiger partial charge is 0.178 e. The summed E-state index contributed by atoms with van der Waals surface area (Å²) in [4.78, 5) is 2.49. The fraction of sp³-hybridized carbons (Fsp3) is 0.388. The van der Waals surface area contributed by atoms with Crippen LogP contribution in [0.25, 0.3) is 28.0 Å². The molecule has 5 nitrogen and oxygen atoms in total. The number of hydrogen-bond acceptors (Lipinski definition) is 5. The Morgan fingerprint density at radius 2 is 1.30 bits per heavy atom. The van der Waals surface area contributed by atoms with Gasteiger partial charge in [0.15, 0.2) is 5.60 Å². The van der Waals surface area contributed by atoms with Gasteiger partial charge in [-0.1, -0.05) is 81.8 Å². The van der Waals surface area contributed by atoms with Crippen molar-refractivity contribution in [3.63, 3.8) is 0 Å². The molecule has 9 rings (SSSR count). The van der Waals surface area contributed by atoms with E-state index in [4.69, 9.17) is 18.9 Å². The molecule has 5 heteroatoms. The maximum absolute atomic E-state index is 7.81. The van der Waals surface area contributed by atoms with Crippen LogP contribution in [0.1, 0.15) is 85.9 Å². The summed E-state index contributed by atoms with van der Waals surface area (Å²) in [5, 5.41) is 2.43. The van der Waals surface area contributed by atoms with E-state index in [0.717, 1.165) is 72.9 Å². The highest BCUT2D eigenvalue weighted by molar-refractivity contribution is 6.10. The van der Waals surface area contributed by atoms with Crippen molar-refractivity contribution in [2.24, 2.45) is 10.8 Å². The maximum Gasteiger partial charge on any atom is 0.178 e. The van der Waals surface area contributed by atoms with Crippen molar-refractivity contribution in [2.75, 3.05) is 45.4 Å². The summed E-state index contributed by atoms with van der Waals surface area (Å²) >= 11 is 0. The lowest BCUT2D eigenvalue weighted by Crippen LogP contribution is -2.44. The Hall–Kier alpha value is -4.74. The first-order valence-electron chi connectivity index (χ1n) is 19.6. The molecule has 1 saturated heterocycles. The highest BCUT2D eigenvalue weighted by Crippen LogP contribution is 2.67. The van der Waals surface area contributed by atoms with Crippen molar-refractivity contribution in [3.8, 4) is 28.4 Å². The lowest BCUT2D eigenvalue weighted by atomic mass is 9.52. The Morgan fingerprint density at radius 3 is 1.89 bits per heavy atom. The molecule has 0 bridgehead atoms. The highest BCUT2D eigenvalue weighted by atomic mass is 16.5. The van der Waals surface area contributed by atoms with E-state index in [9.17, 15) is 0 Å². The van der Waals surface area contributed by atoms with Crippen LogP contribution in [0.3, 0.4) is 0 Å². The third-order valence-corrected chi connectivity index (χ3v) is 12.7. The SMILES string of the molecule is COc1ccc(C2(c3ccc(OC)cc3)C=Cc3c4c(c5cc(C)c(N6CCOCC6)cc5c3O2)-c2ccc(C)cc2C42CC(C)(C)CC(C)(C)C2)cc1. The van der Waals surface area contributed by atoms with Crippen LogP contribution in [-0.4, -0.2) is 40.5 Å². The van der Waals surface area contributed by atoms with Crippen molar-refractivity contribution in [1.82, 2.24) is 0 Å². The maximum atomic E-state index is 7.81. The van der Waals surface area contributed by atoms with Crippen molar-refractivity contribution < 1.29 is 18.9 Å². The van der Waals surface area contributed by atoms with Gasteiger partial charge in [0.25, 0.3) is 0 Å². The Labute approximate surface area is 320 Å². The summed E-state index contributed by atoms with van der Waals surface area (Å²) in [6.07, 6.45) is 8.09. The number of nitrogens with zero attached hydrogens (tertiary/aromatic N) is 1. The third-order valence-electron chi connectivity index (χ3n) is 12.7. The van der Waals surface area contributed by atoms with Crippen molar-refractivity contribution >= 4 is 22.5 Å². The van der Waals surface area contributed by atoms with Gasteiger partial charge in [-0.2, -0.15) is 0 Å². The van der Waals surface area contributed by atoms with Crippen molar-refractivity contribution in [3.05, 3.63) is 124 Å². The molecule has 0 aromatic heterocycles. The van der Waals surface area contributed by atoms with E-state index in [1.54, 1.807) is 14.2 Å². The van der Waals surface area contributed by atoms with Crippen molar-refractivity contribution in [1.29, 1.82) is 0 Å². The molecule has 0 atom stereocenters. The Balaban J connectivity index is 1.39. The van der Waals surface area contributed by atoms with E-state index in [-0.39, 0.29) is 16.2 Å². The van der Waals surface area contributed by atoms with Gasteiger partial charge in [-0.15, -0.1) is 0 Å². The molecule has 1 saturated carbocycles. The first kappa shape index (κ1) is 35.0. The fourth-order valence-corrected chi connectivity index (χ4v) is 11.3. The summed E-state index contributed by atoms with van der Waals surface area (Å²) in [5.74, 6) is 2.59. The number of benzene rings is 5. The summed E-state index contributed by atoms with van der Waals surface area (Å²) in [6, 6.07) is 28.8. The molecule has 54 heavy (non-hydrogen) atoms. The number of anilines is 1. The van der Waals surface area contributed by atoms with Crippen LogP contribution >= 0.6 is 0 Å². The Bertz CT molecular complexity index is 2240. The topological polar surface area (TPSA) is 40.2 Å². The standard InChI is InChI=1S/C49H53NO4/c1-31-9-18-37-41(25-31)48(29-46(3,4)28-47(5,6)30-48)44-38-19-20-49(33-10-14-35(51-7)15-11-33,34-12-16-36(52-8)17-13-34)54-45(38)40-27-42(50-21-23-53-24-22-50)32(2)26-39(40)43(37)44/h9-20,25-27H,21-24,28-30H2,1-8H3. The second kappa shape index (κ2) is 12.4. The molecule has 0 N–H and O–H groups in total. The quantitative estimate of drug-likeness (QED) is 0.181. The molecular weight excluding hydrogens is 667 g/mol. The number of ether oxygens (including phenoxy) is 4. The zero-order valence-electron chi connectivity index (χ0n) is 33.2. The van der Waals surface area contributed by atoms with Crippen LogP contribution < -0.4 is 19.1 Å². The average Bonchev–Trinajstić information content (AvgIpc) is 3.41. The highest BCUT2D eigenvalue weighted by Gasteiger charge is 2.55. The Kier molecular flexibility index (Phi) is 8.03. The van der Waals surface area contributed by atoms with E-state index >= 15 is 0 Å². The van der Waals surface area contributed by atoms with Crippen LogP contribution in [-0.2, 0) is 15.8 Å². The van der Waals surface area contributed by atoms with Crippen LogP contribution in [0.15, 0.2) is 84.9 Å². The van der Waals surface area contributed by atoms with E-state index in [2.05, 4.69) is 113 Å². The molecule has 2 heterocycles. The largest absolute Gasteiger partial charge is 0.497 e. The second-order valence-electron chi connectivity index (χ2n) is 17.9. The minimum absolute atomic E-state index is 0.150. The normalized spacial score (nSPS) is 19.9. The predicted octanol–water partition coefficient (Wildman–Crippen LogP) is 11.2. The molecule has 0 amide bonds. The molecule has 5 aromatic carbocycles. The van der Waals surface area contributed by atoms with E-state index in [0.29, 0.717) is 0 Å². The van der Waals surface area contributed by atoms with Crippen LogP contribution in [0.5, 0.6) is 17.2 Å². The van der Waals surface area contributed by atoms with Gasteiger partial charge < -0.3 is 23.8 Å². The molecular formula is C49H53NO4. The zero-order valence-corrected chi connectivity index (χ0v) is 33.2. The van der Waals surface area contributed by atoms with Gasteiger partial charge in [-0.25, -0.2) is 0 Å². The van der Waals surface area contributed by atoms with Crippen LogP contribution in [0.4, 0.5) is 5.69 Å². The summed E-state index contributed by atoms with van der Waals surface area (Å²) < 4.78 is 24.9. The molecule has 2 fully saturated rings. The van der Waals surface area contributed by atoms with Crippen LogP contribution in [0, 0.1) is 24.7 Å². The molecule has 2 aliphatic carbocycles. The predicted molar refractivity (Wildman–Crippen MR) is 221 cm³/mol. The second-order valence-corrected chi connectivity index (χ2v) is 17.9.